The van der Waals surface area contributed by atoms with E-state index in [1.807, 2.05) is 43.3 Å². The maximum absolute atomic E-state index is 11.6. The van der Waals surface area contributed by atoms with E-state index in [1.165, 1.54) is 11.1 Å². The third kappa shape index (κ3) is 3.97. The van der Waals surface area contributed by atoms with Crippen LogP contribution in [0.4, 0.5) is 0 Å². The minimum atomic E-state index is 0.234. The number of hydrogen-bond acceptors (Lipinski definition) is 2. The van der Waals surface area contributed by atoms with Gasteiger partial charge in [0.1, 0.15) is 5.78 Å². The van der Waals surface area contributed by atoms with Gasteiger partial charge < -0.3 is 0 Å². The van der Waals surface area contributed by atoms with Gasteiger partial charge in [0.2, 0.25) is 0 Å². The first-order valence-electron chi connectivity index (χ1n) is 6.54. The normalized spacial score (nSPS) is 10.6. The van der Waals surface area contributed by atoms with Crippen LogP contribution in [0.25, 0.3) is 0 Å². The Balaban J connectivity index is 2.21. The number of hydrogen-bond donors (Lipinski definition) is 0. The van der Waals surface area contributed by atoms with Crippen LogP contribution < -0.4 is 0 Å². The van der Waals surface area contributed by atoms with Crippen molar-refractivity contribution < 1.29 is 4.79 Å². The summed E-state index contributed by atoms with van der Waals surface area (Å²) in [7, 11) is 0. The average Bonchev–Trinajstić information content (AvgIpc) is 2.49. The van der Waals surface area contributed by atoms with E-state index >= 15 is 0 Å². The third-order valence-electron chi connectivity index (χ3n) is 3.01. The van der Waals surface area contributed by atoms with Crippen LogP contribution in [0.3, 0.4) is 0 Å². The van der Waals surface area contributed by atoms with Crippen LogP contribution in [0.5, 0.6) is 0 Å². The van der Waals surface area contributed by atoms with Crippen molar-refractivity contribution in [3.8, 4) is 0 Å². The molecule has 2 heteroatoms. The molecule has 0 aliphatic rings. The molecule has 0 atom stereocenters. The molecule has 0 radical (unpaired) electrons. The Morgan fingerprint density at radius 3 is 1.84 bits per heavy atom. The fourth-order valence-electron chi connectivity index (χ4n) is 1.92. The molecule has 0 unspecified atom stereocenters. The molecule has 2 aromatic rings. The summed E-state index contributed by atoms with van der Waals surface area (Å²) in [6.07, 6.45) is 0.614. The largest absolute Gasteiger partial charge is 0.299 e. The lowest BCUT2D eigenvalue weighted by atomic mass is 10.0. The number of carbonyl (C=O) groups excluding carboxylic acids is 1. The van der Waals surface area contributed by atoms with Gasteiger partial charge in [-0.25, -0.2) is 0 Å². The van der Waals surface area contributed by atoms with E-state index < -0.39 is 0 Å². The van der Waals surface area contributed by atoms with E-state index in [0.717, 1.165) is 0 Å². The predicted octanol–water partition coefficient (Wildman–Crippen LogP) is 4.49. The number of rotatable bonds is 6. The lowest BCUT2D eigenvalue weighted by Crippen LogP contribution is -2.04. The van der Waals surface area contributed by atoms with Crippen molar-refractivity contribution in [2.45, 2.75) is 18.6 Å². The van der Waals surface area contributed by atoms with E-state index in [4.69, 9.17) is 0 Å². The first-order valence-corrected chi connectivity index (χ1v) is 7.59. The monoisotopic (exact) mass is 270 g/mol. The number of benzene rings is 2. The third-order valence-corrected chi connectivity index (χ3v) is 4.38. The highest BCUT2D eigenvalue weighted by Gasteiger charge is 2.15. The molecule has 1 nitrogen and oxygen atoms in total. The molecular formula is C17H18OS. The van der Waals surface area contributed by atoms with Crippen molar-refractivity contribution in [3.05, 3.63) is 71.8 Å². The minimum Gasteiger partial charge on any atom is -0.299 e. The zero-order valence-electron chi connectivity index (χ0n) is 11.1. The van der Waals surface area contributed by atoms with Crippen LogP contribution in [-0.2, 0) is 4.79 Å². The second-order valence-electron chi connectivity index (χ2n) is 4.40. The summed E-state index contributed by atoms with van der Waals surface area (Å²) in [5.74, 6) is 0.882. The van der Waals surface area contributed by atoms with Crippen LogP contribution >= 0.6 is 11.8 Å². The lowest BCUT2D eigenvalue weighted by Gasteiger charge is -2.17. The quantitative estimate of drug-likeness (QED) is 0.769. The molecule has 0 aliphatic heterocycles. The van der Waals surface area contributed by atoms with E-state index in [1.54, 1.807) is 11.8 Å². The van der Waals surface area contributed by atoms with Crippen molar-refractivity contribution in [1.29, 1.82) is 0 Å². The maximum Gasteiger partial charge on any atom is 0.142 e. The Bertz CT molecular complexity index is 468. The molecule has 0 saturated heterocycles. The molecule has 0 spiro atoms. The molecule has 0 aromatic heterocycles. The number of carbonyl (C=O) groups is 1. The predicted molar refractivity (Wildman–Crippen MR) is 82.5 cm³/mol. The number of thioether (sulfide) groups is 1. The van der Waals surface area contributed by atoms with Crippen LogP contribution in [0.15, 0.2) is 60.7 Å². The van der Waals surface area contributed by atoms with Gasteiger partial charge >= 0.3 is 0 Å². The zero-order valence-corrected chi connectivity index (χ0v) is 11.9. The molecule has 19 heavy (non-hydrogen) atoms. The zero-order chi connectivity index (χ0) is 13.5. The SMILES string of the molecule is CCC(=O)CSC(c1ccccc1)c1ccccc1. The first-order chi connectivity index (χ1) is 9.31. The summed E-state index contributed by atoms with van der Waals surface area (Å²) in [5, 5.41) is 0.234. The van der Waals surface area contributed by atoms with Gasteiger partial charge in [0, 0.05) is 6.42 Å². The standard InChI is InChI=1S/C17H18OS/c1-2-16(18)13-19-17(14-9-5-3-6-10-14)15-11-7-4-8-12-15/h3-12,17H,2,13H2,1H3. The van der Waals surface area contributed by atoms with Crippen molar-refractivity contribution in [1.82, 2.24) is 0 Å². The average molecular weight is 270 g/mol. The molecule has 0 bridgehead atoms. The van der Waals surface area contributed by atoms with E-state index in [2.05, 4.69) is 24.3 Å². The van der Waals surface area contributed by atoms with Crippen molar-refractivity contribution >= 4 is 17.5 Å². The van der Waals surface area contributed by atoms with Gasteiger partial charge in [-0.3, -0.25) is 4.79 Å². The molecule has 0 heterocycles. The molecule has 2 aromatic carbocycles. The Morgan fingerprint density at radius 1 is 0.947 bits per heavy atom. The molecule has 0 saturated carbocycles. The number of Topliss-reactive ketones (excluding diaryl/α,β-unsaturated/α-hetero) is 1. The lowest BCUT2D eigenvalue weighted by molar-refractivity contribution is -0.116. The Labute approximate surface area is 119 Å². The Hall–Kier alpha value is -1.54. The van der Waals surface area contributed by atoms with Crippen LogP contribution in [0, 0.1) is 0 Å². The van der Waals surface area contributed by atoms with E-state index in [0.29, 0.717) is 18.0 Å². The smallest absolute Gasteiger partial charge is 0.142 e. The van der Waals surface area contributed by atoms with Gasteiger partial charge in [-0.1, -0.05) is 67.6 Å². The van der Waals surface area contributed by atoms with Gasteiger partial charge in [0.15, 0.2) is 0 Å². The molecule has 0 N–H and O–H groups in total. The van der Waals surface area contributed by atoms with E-state index in [-0.39, 0.29) is 5.25 Å². The molecular weight excluding hydrogens is 252 g/mol. The molecule has 0 amide bonds. The van der Waals surface area contributed by atoms with Crippen LogP contribution in [0.2, 0.25) is 0 Å². The van der Waals surface area contributed by atoms with Gasteiger partial charge in [-0.15, -0.1) is 11.8 Å². The molecule has 2 rings (SSSR count). The fourth-order valence-corrected chi connectivity index (χ4v) is 3.17. The second-order valence-corrected chi connectivity index (χ2v) is 5.50. The molecule has 0 aliphatic carbocycles. The first kappa shape index (κ1) is 13.9. The summed E-state index contributed by atoms with van der Waals surface area (Å²) in [5.41, 5.74) is 2.50. The van der Waals surface area contributed by atoms with E-state index in [9.17, 15) is 4.79 Å². The maximum atomic E-state index is 11.6. The summed E-state index contributed by atoms with van der Waals surface area (Å²) < 4.78 is 0. The molecule has 98 valence electrons. The highest BCUT2D eigenvalue weighted by Crippen LogP contribution is 2.35. The van der Waals surface area contributed by atoms with Crippen LogP contribution in [-0.4, -0.2) is 11.5 Å². The van der Waals surface area contributed by atoms with Crippen molar-refractivity contribution in [3.63, 3.8) is 0 Å². The summed E-state index contributed by atoms with van der Waals surface area (Å²) in [4.78, 5) is 11.6. The summed E-state index contributed by atoms with van der Waals surface area (Å²) >= 11 is 1.71. The van der Waals surface area contributed by atoms with Crippen molar-refractivity contribution in [2.24, 2.45) is 0 Å². The summed E-state index contributed by atoms with van der Waals surface area (Å²) in [6.45, 7) is 1.92. The second kappa shape index (κ2) is 7.15. The Morgan fingerprint density at radius 2 is 1.42 bits per heavy atom. The topological polar surface area (TPSA) is 17.1 Å². The minimum absolute atomic E-state index is 0.234. The summed E-state index contributed by atoms with van der Waals surface area (Å²) in [6, 6.07) is 20.7. The highest BCUT2D eigenvalue weighted by atomic mass is 32.2. The van der Waals surface area contributed by atoms with Gasteiger partial charge in [0.25, 0.3) is 0 Å². The van der Waals surface area contributed by atoms with Gasteiger partial charge in [-0.05, 0) is 11.1 Å². The Kier molecular flexibility index (Phi) is 5.22. The van der Waals surface area contributed by atoms with Crippen molar-refractivity contribution in [2.75, 3.05) is 5.75 Å². The van der Waals surface area contributed by atoms with Crippen LogP contribution in [0.1, 0.15) is 29.7 Å². The number of ketones is 1. The molecule has 0 fully saturated rings. The highest BCUT2D eigenvalue weighted by molar-refractivity contribution is 8.00. The van der Waals surface area contributed by atoms with Gasteiger partial charge in [-0.2, -0.15) is 0 Å². The fraction of sp³-hybridized carbons (Fsp3) is 0.235. The van der Waals surface area contributed by atoms with Gasteiger partial charge in [0.05, 0.1) is 11.0 Å².